The molecule has 0 aliphatic rings. The third-order valence-electron chi connectivity index (χ3n) is 3.07. The highest BCUT2D eigenvalue weighted by Gasteiger charge is 2.08. The van der Waals surface area contributed by atoms with E-state index in [2.05, 4.69) is 10.6 Å². The van der Waals surface area contributed by atoms with Gasteiger partial charge in [-0.2, -0.15) is 0 Å². The number of hydrogen-bond acceptors (Lipinski definition) is 3. The lowest BCUT2D eigenvalue weighted by Gasteiger charge is -2.08. The molecule has 0 spiro atoms. The Morgan fingerprint density at radius 3 is 2.35 bits per heavy atom. The molecule has 0 aromatic heterocycles. The second kappa shape index (κ2) is 7.85. The number of nitrogens with one attached hydrogen (secondary N) is 2. The Bertz CT molecular complexity index is 718. The molecule has 4 N–H and O–H groups in total. The first-order valence-corrected chi connectivity index (χ1v) is 7.55. The van der Waals surface area contributed by atoms with Crippen molar-refractivity contribution >= 4 is 40.7 Å². The number of carbonyl (C=O) groups is 2. The van der Waals surface area contributed by atoms with Crippen LogP contribution in [-0.4, -0.2) is 18.4 Å². The van der Waals surface area contributed by atoms with Gasteiger partial charge in [0.1, 0.15) is 0 Å². The molecule has 0 saturated carbocycles. The van der Waals surface area contributed by atoms with Gasteiger partial charge in [-0.1, -0.05) is 29.3 Å². The molecule has 0 unspecified atom stereocenters. The van der Waals surface area contributed by atoms with Crippen molar-refractivity contribution in [2.75, 3.05) is 12.3 Å². The molecule has 0 heterocycles. The summed E-state index contributed by atoms with van der Waals surface area (Å²) in [5, 5.41) is 6.21. The lowest BCUT2D eigenvalue weighted by atomic mass is 10.2. The monoisotopic (exact) mass is 351 g/mol. The summed E-state index contributed by atoms with van der Waals surface area (Å²) in [5.74, 6) is -0.663. The van der Waals surface area contributed by atoms with E-state index in [1.165, 1.54) is 0 Å². The minimum absolute atomic E-state index is 0.131. The standard InChI is InChI=1S/C16H15Cl2N3O2/c17-12-4-1-11(14(18)7-12)8-20-15(22)9-21-16(23)10-2-5-13(19)6-3-10/h1-7H,8-9,19H2,(H,20,22)(H,21,23). The van der Waals surface area contributed by atoms with E-state index in [1.807, 2.05) is 0 Å². The van der Waals surface area contributed by atoms with Crippen LogP contribution >= 0.6 is 23.2 Å². The zero-order valence-corrected chi connectivity index (χ0v) is 13.6. The Morgan fingerprint density at radius 1 is 1.00 bits per heavy atom. The highest BCUT2D eigenvalue weighted by atomic mass is 35.5. The predicted octanol–water partition coefficient (Wildman–Crippen LogP) is 2.62. The molecule has 2 aromatic carbocycles. The lowest BCUT2D eigenvalue weighted by molar-refractivity contribution is -0.120. The Balaban J connectivity index is 1.81. The van der Waals surface area contributed by atoms with E-state index in [1.54, 1.807) is 42.5 Å². The maximum atomic E-state index is 11.9. The smallest absolute Gasteiger partial charge is 0.251 e. The average molecular weight is 352 g/mol. The molecule has 7 heteroatoms. The van der Waals surface area contributed by atoms with Crippen LogP contribution in [0, 0.1) is 0 Å². The van der Waals surface area contributed by atoms with Crippen LogP contribution in [0.3, 0.4) is 0 Å². The summed E-state index contributed by atoms with van der Waals surface area (Å²) in [6.45, 7) is 0.126. The summed E-state index contributed by atoms with van der Waals surface area (Å²) >= 11 is 11.8. The van der Waals surface area contributed by atoms with Gasteiger partial charge in [0.05, 0.1) is 6.54 Å². The Kier molecular flexibility index (Phi) is 5.84. The van der Waals surface area contributed by atoms with Crippen LogP contribution in [0.4, 0.5) is 5.69 Å². The molecule has 120 valence electrons. The molecule has 5 nitrogen and oxygen atoms in total. The summed E-state index contributed by atoms with van der Waals surface area (Å²) in [5.41, 5.74) is 7.30. The number of nitrogen functional groups attached to an aromatic ring is 1. The molecule has 0 saturated heterocycles. The first-order chi connectivity index (χ1) is 11.0. The zero-order valence-electron chi connectivity index (χ0n) is 12.1. The SMILES string of the molecule is Nc1ccc(C(=O)NCC(=O)NCc2ccc(Cl)cc2Cl)cc1. The lowest BCUT2D eigenvalue weighted by Crippen LogP contribution is -2.36. The van der Waals surface area contributed by atoms with E-state index >= 15 is 0 Å². The van der Waals surface area contributed by atoms with Crippen molar-refractivity contribution < 1.29 is 9.59 Å². The van der Waals surface area contributed by atoms with Crippen molar-refractivity contribution in [1.82, 2.24) is 10.6 Å². The van der Waals surface area contributed by atoms with Crippen molar-refractivity contribution in [2.45, 2.75) is 6.54 Å². The Hall–Kier alpha value is -2.24. The van der Waals surface area contributed by atoms with E-state index in [4.69, 9.17) is 28.9 Å². The van der Waals surface area contributed by atoms with Crippen LogP contribution in [0.15, 0.2) is 42.5 Å². The van der Waals surface area contributed by atoms with Crippen molar-refractivity contribution in [3.8, 4) is 0 Å². The fourth-order valence-corrected chi connectivity index (χ4v) is 2.29. The third kappa shape index (κ3) is 5.16. The molecule has 0 fully saturated rings. The molecule has 0 aliphatic carbocycles. The molecule has 2 rings (SSSR count). The second-order valence-electron chi connectivity index (χ2n) is 4.82. The fraction of sp³-hybridized carbons (Fsp3) is 0.125. The van der Waals surface area contributed by atoms with E-state index in [9.17, 15) is 9.59 Å². The number of rotatable bonds is 5. The number of hydrogen-bond donors (Lipinski definition) is 3. The summed E-state index contributed by atoms with van der Waals surface area (Å²) in [6, 6.07) is 11.5. The van der Waals surface area contributed by atoms with Gasteiger partial charge < -0.3 is 16.4 Å². The Morgan fingerprint density at radius 2 is 1.70 bits per heavy atom. The number of anilines is 1. The van der Waals surface area contributed by atoms with Gasteiger partial charge in [0.15, 0.2) is 0 Å². The van der Waals surface area contributed by atoms with Crippen LogP contribution in [-0.2, 0) is 11.3 Å². The van der Waals surface area contributed by atoms with E-state index in [0.29, 0.717) is 21.3 Å². The molecule has 0 atom stereocenters. The summed E-state index contributed by atoms with van der Waals surface area (Å²) in [6.07, 6.45) is 0. The first-order valence-electron chi connectivity index (χ1n) is 6.80. The van der Waals surface area contributed by atoms with Crippen LogP contribution < -0.4 is 16.4 Å². The molecular formula is C16H15Cl2N3O2. The van der Waals surface area contributed by atoms with Crippen LogP contribution in [0.1, 0.15) is 15.9 Å². The molecule has 2 aromatic rings. The maximum absolute atomic E-state index is 11.9. The van der Waals surface area contributed by atoms with Crippen molar-refractivity contribution in [3.63, 3.8) is 0 Å². The third-order valence-corrected chi connectivity index (χ3v) is 3.66. The van der Waals surface area contributed by atoms with Crippen molar-refractivity contribution in [1.29, 1.82) is 0 Å². The molecular weight excluding hydrogens is 337 g/mol. The largest absolute Gasteiger partial charge is 0.399 e. The van der Waals surface area contributed by atoms with Crippen molar-refractivity contribution in [3.05, 3.63) is 63.6 Å². The number of halogens is 2. The molecule has 23 heavy (non-hydrogen) atoms. The van der Waals surface area contributed by atoms with Gasteiger partial charge in [-0.15, -0.1) is 0 Å². The van der Waals surface area contributed by atoms with Gasteiger partial charge in [-0.3, -0.25) is 9.59 Å². The highest BCUT2D eigenvalue weighted by Crippen LogP contribution is 2.20. The fourth-order valence-electron chi connectivity index (χ4n) is 1.82. The minimum Gasteiger partial charge on any atom is -0.399 e. The second-order valence-corrected chi connectivity index (χ2v) is 5.66. The molecule has 2 amide bonds. The van der Waals surface area contributed by atoms with Crippen molar-refractivity contribution in [2.24, 2.45) is 0 Å². The highest BCUT2D eigenvalue weighted by molar-refractivity contribution is 6.35. The van der Waals surface area contributed by atoms with Gasteiger partial charge in [0.2, 0.25) is 5.91 Å². The molecule has 0 radical (unpaired) electrons. The quantitative estimate of drug-likeness (QED) is 0.724. The summed E-state index contributed by atoms with van der Waals surface area (Å²) in [4.78, 5) is 23.6. The van der Waals surface area contributed by atoms with Gasteiger partial charge in [0, 0.05) is 27.8 Å². The van der Waals surface area contributed by atoms with E-state index in [-0.39, 0.29) is 24.9 Å². The minimum atomic E-state index is -0.343. The topological polar surface area (TPSA) is 84.2 Å². The van der Waals surface area contributed by atoms with Gasteiger partial charge in [-0.25, -0.2) is 0 Å². The summed E-state index contributed by atoms with van der Waals surface area (Å²) < 4.78 is 0. The van der Waals surface area contributed by atoms with Gasteiger partial charge in [-0.05, 0) is 42.0 Å². The first kappa shape index (κ1) is 17.1. The Labute approximate surface area is 143 Å². The van der Waals surface area contributed by atoms with E-state index < -0.39 is 0 Å². The van der Waals surface area contributed by atoms with Gasteiger partial charge >= 0.3 is 0 Å². The number of benzene rings is 2. The predicted molar refractivity (Wildman–Crippen MR) is 91.5 cm³/mol. The molecule has 0 bridgehead atoms. The summed E-state index contributed by atoms with van der Waals surface area (Å²) in [7, 11) is 0. The number of nitrogens with two attached hydrogens (primary N) is 1. The number of carbonyl (C=O) groups excluding carboxylic acids is 2. The maximum Gasteiger partial charge on any atom is 0.251 e. The average Bonchev–Trinajstić information content (AvgIpc) is 2.52. The normalized spacial score (nSPS) is 10.2. The number of amides is 2. The van der Waals surface area contributed by atoms with Crippen LogP contribution in [0.5, 0.6) is 0 Å². The van der Waals surface area contributed by atoms with E-state index in [0.717, 1.165) is 5.56 Å². The van der Waals surface area contributed by atoms with Crippen LogP contribution in [0.25, 0.3) is 0 Å². The molecule has 0 aliphatic heterocycles. The van der Waals surface area contributed by atoms with Crippen LogP contribution in [0.2, 0.25) is 10.0 Å². The zero-order chi connectivity index (χ0) is 16.8. The van der Waals surface area contributed by atoms with Gasteiger partial charge in [0.25, 0.3) is 5.91 Å².